The van der Waals surface area contributed by atoms with Crippen molar-refractivity contribution in [2.24, 2.45) is 0 Å². The van der Waals surface area contributed by atoms with Gasteiger partial charge in [-0.2, -0.15) is 0 Å². The molecule has 7 nitrogen and oxygen atoms in total. The Balaban J connectivity index is -0.0000000421. The van der Waals surface area contributed by atoms with Crippen molar-refractivity contribution in [1.29, 1.82) is 26.3 Å². The fourth-order valence-corrected chi connectivity index (χ4v) is 1.25. The molecule has 0 aliphatic carbocycles. The van der Waals surface area contributed by atoms with E-state index in [1.54, 1.807) is 0 Å². The summed E-state index contributed by atoms with van der Waals surface area (Å²) in [6, 6.07) is 17.7. The molecule has 2 aromatic carbocycles. The summed E-state index contributed by atoms with van der Waals surface area (Å²) in [6.07, 6.45) is 0. The minimum absolute atomic E-state index is 0. The molecule has 0 aliphatic rings. The summed E-state index contributed by atoms with van der Waals surface area (Å²) in [7, 11) is 0. The molecule has 0 spiro atoms. The van der Waals surface area contributed by atoms with E-state index in [9.17, 15) is 0 Å². The predicted molar refractivity (Wildman–Crippen MR) is 85.4 cm³/mol. The summed E-state index contributed by atoms with van der Waals surface area (Å²) in [5, 5.41) is 34.5. The van der Waals surface area contributed by atoms with Gasteiger partial charge in [-0.3, -0.25) is 0 Å². The van der Waals surface area contributed by atoms with Crippen molar-refractivity contribution in [2.75, 3.05) is 11.1 Å². The molecule has 0 unspecified atom stereocenters. The van der Waals surface area contributed by atoms with Crippen LogP contribution in [0.15, 0.2) is 54.6 Å². The van der Waals surface area contributed by atoms with Gasteiger partial charge in [-0.25, -0.2) is 0 Å². The number of rotatable bonds is 2. The molecular weight excluding hydrogens is 427 g/mol. The fourth-order valence-electron chi connectivity index (χ4n) is 1.25. The molecule has 0 aliphatic heterocycles. The molecular formula is C17H12FeN7Na3. The van der Waals surface area contributed by atoms with E-state index in [1.807, 2.05) is 54.6 Å². The van der Waals surface area contributed by atoms with Crippen molar-refractivity contribution >= 4 is 17.1 Å². The number of nitrogens with zero attached hydrogens (tertiary/aromatic N) is 5. The van der Waals surface area contributed by atoms with E-state index in [0.717, 1.165) is 17.1 Å². The summed E-state index contributed by atoms with van der Waals surface area (Å²) in [5.74, 6) is 0. The SMILES string of the molecule is Nc1ccc(Nc2ccccc2)cc1.[C-]#N.[C-]#N.[C-]#N.[C-]#N.[C-]#N.[Fe+2].[Na+].[Na+].[Na+]. The van der Waals surface area contributed by atoms with Crippen LogP contribution in [-0.2, 0) is 17.1 Å². The monoisotopic (exact) mass is 439 g/mol. The minimum Gasteiger partial charge on any atom is -0.512 e. The van der Waals surface area contributed by atoms with Gasteiger partial charge in [-0.1, -0.05) is 18.2 Å². The van der Waals surface area contributed by atoms with E-state index in [4.69, 9.17) is 64.9 Å². The van der Waals surface area contributed by atoms with Gasteiger partial charge in [0.15, 0.2) is 0 Å². The Bertz CT molecular complexity index is 578. The number of nitrogen functional groups attached to an aromatic ring is 1. The number of hydrogen-bond acceptors (Lipinski definition) is 7. The summed E-state index contributed by atoms with van der Waals surface area (Å²) in [5.41, 5.74) is 8.50. The molecule has 11 heteroatoms. The third-order valence-electron chi connectivity index (χ3n) is 1.97. The molecule has 0 fully saturated rings. The van der Waals surface area contributed by atoms with Gasteiger partial charge >= 0.3 is 106 Å². The number of para-hydroxylation sites is 1. The first-order chi connectivity index (χ1) is 11.8. The molecule has 0 saturated carbocycles. The van der Waals surface area contributed by atoms with Gasteiger partial charge in [0, 0.05) is 17.1 Å². The fraction of sp³-hybridized carbons (Fsp3) is 0. The van der Waals surface area contributed by atoms with Crippen LogP contribution in [0.4, 0.5) is 17.1 Å². The van der Waals surface area contributed by atoms with E-state index in [0.29, 0.717) is 0 Å². The molecule has 126 valence electrons. The number of hydrogen-bond donors (Lipinski definition) is 2. The maximum Gasteiger partial charge on any atom is 2.00 e. The molecule has 0 atom stereocenters. The van der Waals surface area contributed by atoms with E-state index in [-0.39, 0.29) is 106 Å². The predicted octanol–water partition coefficient (Wildman–Crippen LogP) is -5.50. The second-order valence-corrected chi connectivity index (χ2v) is 3.11. The standard InChI is InChI=1S/C12H12N2.5CN.Fe.3Na/c13-10-6-8-12(9-7-10)14-11-4-2-1-3-5-11;5*1-2;;;;/h1-9,14H,13H2;;;;;;;;;/q;5*-1;+2;3*+1. The van der Waals surface area contributed by atoms with Gasteiger partial charge < -0.3 is 70.2 Å². The smallest absolute Gasteiger partial charge is 0.512 e. The summed E-state index contributed by atoms with van der Waals surface area (Å²) in [6.45, 7) is 23.8. The first kappa shape index (κ1) is 50.6. The van der Waals surface area contributed by atoms with Crippen molar-refractivity contribution in [3.05, 3.63) is 87.5 Å². The molecule has 0 amide bonds. The molecule has 0 heterocycles. The molecule has 0 saturated heterocycles. The van der Waals surface area contributed by atoms with Gasteiger partial charge in [0.2, 0.25) is 0 Å². The van der Waals surface area contributed by atoms with Crippen LogP contribution < -0.4 is 99.7 Å². The Labute approximate surface area is 244 Å². The van der Waals surface area contributed by atoms with E-state index in [2.05, 4.69) is 5.32 Å². The van der Waals surface area contributed by atoms with Crippen LogP contribution in [0, 0.1) is 59.2 Å². The van der Waals surface area contributed by atoms with Crippen molar-refractivity contribution in [3.8, 4) is 0 Å². The zero-order chi connectivity index (χ0) is 19.8. The minimum atomic E-state index is 0. The Hall–Kier alpha value is -0.991. The first-order valence-corrected chi connectivity index (χ1v) is 5.64. The number of benzene rings is 2. The van der Waals surface area contributed by atoms with Crippen LogP contribution in [-0.4, -0.2) is 0 Å². The zero-order valence-electron chi connectivity index (χ0n) is 15.9. The Morgan fingerprint density at radius 1 is 0.536 bits per heavy atom. The largest absolute Gasteiger partial charge is 2.00 e. The molecule has 28 heavy (non-hydrogen) atoms. The molecule has 2 rings (SSSR count). The van der Waals surface area contributed by atoms with Crippen LogP contribution >= 0.6 is 0 Å². The average Bonchev–Trinajstić information content (AvgIpc) is 2.72. The van der Waals surface area contributed by atoms with Crippen LogP contribution in [0.3, 0.4) is 0 Å². The normalized spacial score (nSPS) is 5.21. The van der Waals surface area contributed by atoms with Crippen molar-refractivity contribution in [1.82, 2.24) is 0 Å². The van der Waals surface area contributed by atoms with E-state index < -0.39 is 0 Å². The Kier molecular flexibility index (Phi) is 90.6. The number of anilines is 3. The molecule has 2 aromatic rings. The molecule has 0 radical (unpaired) electrons. The number of nitrogens with one attached hydrogen (secondary N) is 1. The Morgan fingerprint density at radius 3 is 1.14 bits per heavy atom. The second kappa shape index (κ2) is 50.2. The van der Waals surface area contributed by atoms with Crippen molar-refractivity contribution < 1.29 is 106 Å². The van der Waals surface area contributed by atoms with Gasteiger partial charge in [-0.15, -0.1) is 0 Å². The van der Waals surface area contributed by atoms with Crippen LogP contribution in [0.1, 0.15) is 0 Å². The maximum atomic E-state index is 6.25. The van der Waals surface area contributed by atoms with Gasteiger partial charge in [0.1, 0.15) is 0 Å². The maximum absolute atomic E-state index is 6.25. The summed E-state index contributed by atoms with van der Waals surface area (Å²) in [4.78, 5) is 0. The van der Waals surface area contributed by atoms with Crippen LogP contribution in [0.2, 0.25) is 0 Å². The van der Waals surface area contributed by atoms with Gasteiger partial charge in [0.25, 0.3) is 0 Å². The van der Waals surface area contributed by atoms with E-state index in [1.165, 1.54) is 0 Å². The molecule has 0 bridgehead atoms. The van der Waals surface area contributed by atoms with Crippen molar-refractivity contribution in [2.45, 2.75) is 0 Å². The number of nitrogens with two attached hydrogens (primary N) is 1. The third-order valence-corrected chi connectivity index (χ3v) is 1.97. The summed E-state index contributed by atoms with van der Waals surface area (Å²) >= 11 is 0. The third kappa shape index (κ3) is 32.7. The quantitative estimate of drug-likeness (QED) is 0.269. The zero-order valence-corrected chi connectivity index (χ0v) is 23.0. The summed E-state index contributed by atoms with van der Waals surface area (Å²) < 4.78 is 0. The Morgan fingerprint density at radius 2 is 0.821 bits per heavy atom. The van der Waals surface area contributed by atoms with E-state index >= 15 is 0 Å². The molecule has 3 N–H and O–H groups in total. The first-order valence-electron chi connectivity index (χ1n) is 5.64. The van der Waals surface area contributed by atoms with Crippen LogP contribution in [0.25, 0.3) is 0 Å². The topological polar surface area (TPSA) is 157 Å². The van der Waals surface area contributed by atoms with Crippen LogP contribution in [0.5, 0.6) is 0 Å². The van der Waals surface area contributed by atoms with Gasteiger partial charge in [-0.05, 0) is 36.4 Å². The van der Waals surface area contributed by atoms with Gasteiger partial charge in [0.05, 0.1) is 0 Å². The average molecular weight is 439 g/mol. The van der Waals surface area contributed by atoms with Crippen molar-refractivity contribution in [3.63, 3.8) is 0 Å². The second-order valence-electron chi connectivity index (χ2n) is 3.11. The molecule has 0 aromatic heterocycles.